The van der Waals surface area contributed by atoms with Crippen LogP contribution < -0.4 is 4.90 Å². The van der Waals surface area contributed by atoms with Crippen molar-refractivity contribution in [3.05, 3.63) is 30.1 Å². The van der Waals surface area contributed by atoms with Crippen molar-refractivity contribution in [2.75, 3.05) is 18.0 Å². The number of benzene rings is 1. The van der Waals surface area contributed by atoms with Gasteiger partial charge in [0.15, 0.2) is 0 Å². The van der Waals surface area contributed by atoms with Gasteiger partial charge in [-0.05, 0) is 24.5 Å². The van der Waals surface area contributed by atoms with Crippen LogP contribution in [0.1, 0.15) is 34.1 Å². The molecule has 1 fully saturated rings. The SMILES string of the molecule is C[C@H]1C(=O)N(c2ccccc2F)CCN1C(=O)CC(C)(C)C. The lowest BCUT2D eigenvalue weighted by molar-refractivity contribution is -0.142. The first kappa shape index (κ1) is 16.5. The third-order valence-corrected chi connectivity index (χ3v) is 3.80. The first-order valence-corrected chi connectivity index (χ1v) is 7.56. The lowest BCUT2D eigenvalue weighted by atomic mass is 9.91. The lowest BCUT2D eigenvalue weighted by Gasteiger charge is -2.40. The number of hydrogen-bond acceptors (Lipinski definition) is 2. The Balaban J connectivity index is 2.15. The highest BCUT2D eigenvalue weighted by molar-refractivity contribution is 6.00. The summed E-state index contributed by atoms with van der Waals surface area (Å²) in [5.74, 6) is -0.683. The molecule has 1 heterocycles. The molecule has 22 heavy (non-hydrogen) atoms. The van der Waals surface area contributed by atoms with E-state index in [4.69, 9.17) is 0 Å². The van der Waals surface area contributed by atoms with Crippen molar-refractivity contribution in [3.8, 4) is 0 Å². The maximum atomic E-state index is 13.9. The van der Waals surface area contributed by atoms with Gasteiger partial charge in [0.2, 0.25) is 11.8 Å². The Labute approximate surface area is 130 Å². The van der Waals surface area contributed by atoms with E-state index in [2.05, 4.69) is 0 Å². The molecule has 2 amide bonds. The summed E-state index contributed by atoms with van der Waals surface area (Å²) in [6.45, 7) is 8.43. The van der Waals surface area contributed by atoms with E-state index in [0.717, 1.165) is 0 Å². The molecule has 0 N–H and O–H groups in total. The minimum absolute atomic E-state index is 0.0264. The van der Waals surface area contributed by atoms with Crippen molar-refractivity contribution in [3.63, 3.8) is 0 Å². The number of rotatable bonds is 2. The highest BCUT2D eigenvalue weighted by Crippen LogP contribution is 2.26. The number of nitrogens with zero attached hydrogens (tertiary/aromatic N) is 2. The van der Waals surface area contributed by atoms with Crippen LogP contribution in [-0.2, 0) is 9.59 Å². The van der Waals surface area contributed by atoms with Gasteiger partial charge in [-0.1, -0.05) is 32.9 Å². The first-order chi connectivity index (χ1) is 10.2. The molecule has 1 saturated heterocycles. The molecule has 1 aliphatic rings. The highest BCUT2D eigenvalue weighted by atomic mass is 19.1. The van der Waals surface area contributed by atoms with Gasteiger partial charge >= 0.3 is 0 Å². The monoisotopic (exact) mass is 306 g/mol. The van der Waals surface area contributed by atoms with Crippen molar-refractivity contribution in [1.82, 2.24) is 4.90 Å². The topological polar surface area (TPSA) is 40.6 Å². The molecular weight excluding hydrogens is 283 g/mol. The summed E-state index contributed by atoms with van der Waals surface area (Å²) in [5.41, 5.74) is 0.157. The normalized spacial score (nSPS) is 19.5. The van der Waals surface area contributed by atoms with Crippen LogP contribution >= 0.6 is 0 Å². The fourth-order valence-electron chi connectivity index (χ4n) is 2.68. The second-order valence-electron chi connectivity index (χ2n) is 6.94. The van der Waals surface area contributed by atoms with Crippen molar-refractivity contribution in [2.24, 2.45) is 5.41 Å². The zero-order chi connectivity index (χ0) is 16.5. The van der Waals surface area contributed by atoms with Gasteiger partial charge in [-0.2, -0.15) is 0 Å². The molecule has 0 aromatic heterocycles. The Morgan fingerprint density at radius 2 is 1.91 bits per heavy atom. The zero-order valence-corrected chi connectivity index (χ0v) is 13.6. The van der Waals surface area contributed by atoms with Gasteiger partial charge in [0, 0.05) is 19.5 Å². The van der Waals surface area contributed by atoms with E-state index in [1.54, 1.807) is 30.0 Å². The molecule has 120 valence electrons. The van der Waals surface area contributed by atoms with Gasteiger partial charge in [0.05, 0.1) is 5.69 Å². The van der Waals surface area contributed by atoms with Gasteiger partial charge in [-0.25, -0.2) is 4.39 Å². The lowest BCUT2D eigenvalue weighted by Crippen LogP contribution is -2.58. The summed E-state index contributed by atoms with van der Waals surface area (Å²) in [5, 5.41) is 0. The second kappa shape index (κ2) is 6.07. The molecule has 0 aliphatic carbocycles. The van der Waals surface area contributed by atoms with Gasteiger partial charge in [-0.3, -0.25) is 9.59 Å². The fourth-order valence-corrected chi connectivity index (χ4v) is 2.68. The van der Waals surface area contributed by atoms with E-state index in [-0.39, 0.29) is 22.9 Å². The molecule has 1 aliphatic heterocycles. The van der Waals surface area contributed by atoms with E-state index < -0.39 is 11.9 Å². The predicted octanol–water partition coefficient (Wildman–Crippen LogP) is 2.83. The molecular formula is C17H23FN2O2. The van der Waals surface area contributed by atoms with Crippen molar-refractivity contribution >= 4 is 17.5 Å². The summed E-state index contributed by atoms with van der Waals surface area (Å²) < 4.78 is 13.9. The molecule has 1 atom stereocenters. The van der Waals surface area contributed by atoms with Crippen LogP contribution in [0.5, 0.6) is 0 Å². The summed E-state index contributed by atoms with van der Waals surface area (Å²) in [6.07, 6.45) is 0.393. The maximum Gasteiger partial charge on any atom is 0.249 e. The average molecular weight is 306 g/mol. The van der Waals surface area contributed by atoms with E-state index in [0.29, 0.717) is 19.5 Å². The Kier molecular flexibility index (Phi) is 4.54. The van der Waals surface area contributed by atoms with Crippen LogP contribution in [0.2, 0.25) is 0 Å². The van der Waals surface area contributed by atoms with E-state index in [9.17, 15) is 14.0 Å². The number of carbonyl (C=O) groups excluding carboxylic acids is 2. The minimum atomic E-state index is -0.566. The number of halogens is 1. The molecule has 0 bridgehead atoms. The quantitative estimate of drug-likeness (QED) is 0.843. The number of piperazine rings is 1. The minimum Gasteiger partial charge on any atom is -0.329 e. The van der Waals surface area contributed by atoms with Gasteiger partial charge < -0.3 is 9.80 Å². The van der Waals surface area contributed by atoms with E-state index in [1.807, 2.05) is 20.8 Å². The largest absolute Gasteiger partial charge is 0.329 e. The number of para-hydroxylation sites is 1. The highest BCUT2D eigenvalue weighted by Gasteiger charge is 2.36. The van der Waals surface area contributed by atoms with Crippen LogP contribution in [0.3, 0.4) is 0 Å². The Morgan fingerprint density at radius 3 is 2.50 bits per heavy atom. The van der Waals surface area contributed by atoms with Crippen LogP contribution in [-0.4, -0.2) is 35.8 Å². The van der Waals surface area contributed by atoms with Crippen LogP contribution in [0.25, 0.3) is 0 Å². The first-order valence-electron chi connectivity index (χ1n) is 7.56. The van der Waals surface area contributed by atoms with Crippen LogP contribution in [0.4, 0.5) is 10.1 Å². The van der Waals surface area contributed by atoms with Gasteiger partial charge in [0.25, 0.3) is 0 Å². The molecule has 0 spiro atoms. The zero-order valence-electron chi connectivity index (χ0n) is 13.6. The predicted molar refractivity (Wildman–Crippen MR) is 84.0 cm³/mol. The van der Waals surface area contributed by atoms with Crippen molar-refractivity contribution in [2.45, 2.75) is 40.2 Å². The second-order valence-corrected chi connectivity index (χ2v) is 6.94. The van der Waals surface area contributed by atoms with Crippen LogP contribution in [0, 0.1) is 11.2 Å². The maximum absolute atomic E-state index is 13.9. The Hall–Kier alpha value is -1.91. The van der Waals surface area contributed by atoms with E-state index in [1.165, 1.54) is 11.0 Å². The fraction of sp³-hybridized carbons (Fsp3) is 0.529. The number of hydrogen-bond donors (Lipinski definition) is 0. The summed E-state index contributed by atoms with van der Waals surface area (Å²) >= 11 is 0. The molecule has 0 saturated carbocycles. The molecule has 1 aromatic carbocycles. The summed E-state index contributed by atoms with van der Waals surface area (Å²) in [4.78, 5) is 27.9. The molecule has 4 nitrogen and oxygen atoms in total. The molecule has 5 heteroatoms. The molecule has 1 aromatic rings. The third-order valence-electron chi connectivity index (χ3n) is 3.80. The number of carbonyl (C=O) groups is 2. The number of amides is 2. The van der Waals surface area contributed by atoms with Crippen LogP contribution in [0.15, 0.2) is 24.3 Å². The van der Waals surface area contributed by atoms with Gasteiger partial charge in [-0.15, -0.1) is 0 Å². The van der Waals surface area contributed by atoms with Crippen molar-refractivity contribution in [1.29, 1.82) is 0 Å². The molecule has 0 radical (unpaired) electrons. The Morgan fingerprint density at radius 1 is 1.27 bits per heavy atom. The van der Waals surface area contributed by atoms with E-state index >= 15 is 0 Å². The standard InChI is InChI=1S/C17H23FN2O2/c1-12-16(22)20(14-8-6-5-7-13(14)18)10-9-19(12)15(21)11-17(2,3)4/h5-8,12H,9-11H2,1-4H3/t12-/m0/s1. The summed E-state index contributed by atoms with van der Waals surface area (Å²) in [7, 11) is 0. The molecule has 2 rings (SSSR count). The Bertz CT molecular complexity index is 580. The third kappa shape index (κ3) is 3.46. The smallest absolute Gasteiger partial charge is 0.249 e. The van der Waals surface area contributed by atoms with Crippen molar-refractivity contribution < 1.29 is 14.0 Å². The average Bonchev–Trinajstić information content (AvgIpc) is 2.41. The number of anilines is 1. The molecule has 0 unspecified atom stereocenters. The van der Waals surface area contributed by atoms with Gasteiger partial charge in [0.1, 0.15) is 11.9 Å². The summed E-state index contributed by atoms with van der Waals surface area (Å²) in [6, 6.07) is 5.66.